The van der Waals surface area contributed by atoms with Gasteiger partial charge in [-0.15, -0.1) is 0 Å². The number of aliphatic carboxylic acids is 1. The smallest absolute Gasteiger partial charge is 0.326 e. The van der Waals surface area contributed by atoms with Crippen LogP contribution in [0, 0.1) is 12.8 Å². The van der Waals surface area contributed by atoms with Gasteiger partial charge in [0.25, 0.3) is 11.8 Å². The molecule has 0 bridgehead atoms. The molecule has 3 N–H and O–H groups in total. The molecule has 0 saturated carbocycles. The number of carbonyl (C=O) groups is 3. The average molecular weight is 393 g/mol. The van der Waals surface area contributed by atoms with Crippen molar-refractivity contribution in [2.24, 2.45) is 5.92 Å². The van der Waals surface area contributed by atoms with Gasteiger partial charge < -0.3 is 20.2 Å². The summed E-state index contributed by atoms with van der Waals surface area (Å²) in [5.74, 6) is -1.68. The van der Waals surface area contributed by atoms with Crippen LogP contribution in [0.5, 0.6) is 0 Å². The van der Waals surface area contributed by atoms with Crippen LogP contribution in [0.2, 0.25) is 5.02 Å². The predicted octanol–water partition coefficient (Wildman–Crippen LogP) is 3.72. The molecule has 2 rings (SSSR count). The Hall–Kier alpha value is -2.80. The minimum atomic E-state index is -1.12. The van der Waals surface area contributed by atoms with Crippen LogP contribution in [0.15, 0.2) is 34.9 Å². The normalized spacial score (nSPS) is 11.9. The van der Waals surface area contributed by atoms with Crippen molar-refractivity contribution in [2.75, 3.05) is 5.32 Å². The summed E-state index contributed by atoms with van der Waals surface area (Å²) in [5, 5.41) is 14.8. The number of carboxylic acids is 1. The highest BCUT2D eigenvalue weighted by Gasteiger charge is 2.24. The molecule has 1 aromatic carbocycles. The van der Waals surface area contributed by atoms with E-state index in [0.29, 0.717) is 16.3 Å². The van der Waals surface area contributed by atoms with Gasteiger partial charge in [0.15, 0.2) is 0 Å². The van der Waals surface area contributed by atoms with Crippen molar-refractivity contribution in [3.05, 3.63) is 52.4 Å². The fourth-order valence-electron chi connectivity index (χ4n) is 2.56. The standard InChI is InChI=1S/C19H21ClN2O5/c1-10(2)8-16(19(25)26)22-18(24)14-5-4-12(20)9-15(14)21-17(23)13-6-7-27-11(13)3/h4-7,9-10,16H,8H2,1-3H3,(H,21,23)(H,22,24)(H,25,26)/t16-/m1/s1. The van der Waals surface area contributed by atoms with Crippen molar-refractivity contribution in [2.45, 2.75) is 33.2 Å². The van der Waals surface area contributed by atoms with E-state index in [1.807, 2.05) is 13.8 Å². The van der Waals surface area contributed by atoms with E-state index in [4.69, 9.17) is 16.0 Å². The number of aryl methyl sites for hydroxylation is 1. The van der Waals surface area contributed by atoms with E-state index in [-0.39, 0.29) is 23.6 Å². The topological polar surface area (TPSA) is 109 Å². The molecule has 0 radical (unpaired) electrons. The first-order valence-corrected chi connectivity index (χ1v) is 8.75. The molecule has 2 aromatic rings. The molecular weight excluding hydrogens is 372 g/mol. The van der Waals surface area contributed by atoms with E-state index in [0.717, 1.165) is 0 Å². The van der Waals surface area contributed by atoms with E-state index >= 15 is 0 Å². The van der Waals surface area contributed by atoms with Gasteiger partial charge in [-0.2, -0.15) is 0 Å². The second-order valence-electron chi connectivity index (χ2n) is 6.53. The van der Waals surface area contributed by atoms with Crippen LogP contribution in [0.25, 0.3) is 0 Å². The highest BCUT2D eigenvalue weighted by Crippen LogP contribution is 2.23. The Morgan fingerprint density at radius 1 is 1.15 bits per heavy atom. The van der Waals surface area contributed by atoms with Crippen molar-refractivity contribution >= 4 is 35.1 Å². The third-order valence-corrected chi connectivity index (χ3v) is 4.12. The summed E-state index contributed by atoms with van der Waals surface area (Å²) in [6.45, 7) is 5.37. The number of carboxylic acid groups (broad SMARTS) is 1. The van der Waals surface area contributed by atoms with Crippen molar-refractivity contribution in [3.8, 4) is 0 Å². The maximum atomic E-state index is 12.6. The van der Waals surface area contributed by atoms with Crippen LogP contribution in [-0.2, 0) is 4.79 Å². The van der Waals surface area contributed by atoms with Gasteiger partial charge in [0.1, 0.15) is 11.8 Å². The predicted molar refractivity (Wildman–Crippen MR) is 101 cm³/mol. The molecule has 0 unspecified atom stereocenters. The molecule has 1 heterocycles. The molecular formula is C19H21ClN2O5. The summed E-state index contributed by atoms with van der Waals surface area (Å²) in [6.07, 6.45) is 1.67. The molecule has 0 aliphatic heterocycles. The summed E-state index contributed by atoms with van der Waals surface area (Å²) in [6, 6.07) is 4.84. The molecule has 1 aromatic heterocycles. The van der Waals surface area contributed by atoms with E-state index < -0.39 is 23.8 Å². The number of benzene rings is 1. The zero-order valence-electron chi connectivity index (χ0n) is 15.2. The zero-order valence-corrected chi connectivity index (χ0v) is 16.0. The molecule has 1 atom stereocenters. The lowest BCUT2D eigenvalue weighted by molar-refractivity contribution is -0.139. The van der Waals surface area contributed by atoms with Crippen molar-refractivity contribution in [3.63, 3.8) is 0 Å². The number of anilines is 1. The van der Waals surface area contributed by atoms with Gasteiger partial charge in [-0.25, -0.2) is 4.79 Å². The number of hydrogen-bond acceptors (Lipinski definition) is 4. The lowest BCUT2D eigenvalue weighted by atomic mass is 10.0. The monoisotopic (exact) mass is 392 g/mol. The number of halogens is 1. The lowest BCUT2D eigenvalue weighted by Gasteiger charge is -2.18. The van der Waals surface area contributed by atoms with Gasteiger partial charge in [0.2, 0.25) is 0 Å². The number of rotatable bonds is 7. The maximum absolute atomic E-state index is 12.6. The average Bonchev–Trinajstić information content (AvgIpc) is 2.99. The largest absolute Gasteiger partial charge is 0.480 e. The van der Waals surface area contributed by atoms with Crippen LogP contribution in [-0.4, -0.2) is 28.9 Å². The number of nitrogens with one attached hydrogen (secondary N) is 2. The maximum Gasteiger partial charge on any atom is 0.326 e. The van der Waals surface area contributed by atoms with Crippen LogP contribution in [0.4, 0.5) is 5.69 Å². The zero-order chi connectivity index (χ0) is 20.1. The number of hydrogen-bond donors (Lipinski definition) is 3. The first kappa shape index (κ1) is 20.5. The van der Waals surface area contributed by atoms with Gasteiger partial charge in [-0.3, -0.25) is 9.59 Å². The summed E-state index contributed by atoms with van der Waals surface area (Å²) in [7, 11) is 0. The molecule has 0 aliphatic carbocycles. The van der Waals surface area contributed by atoms with Crippen LogP contribution < -0.4 is 10.6 Å². The Kier molecular flexibility index (Phi) is 6.63. The van der Waals surface area contributed by atoms with Gasteiger partial charge in [-0.05, 0) is 43.5 Å². The van der Waals surface area contributed by atoms with Gasteiger partial charge >= 0.3 is 5.97 Å². The SMILES string of the molecule is Cc1occc1C(=O)Nc1cc(Cl)ccc1C(=O)N[C@H](CC(C)C)C(=O)O. The molecule has 0 fully saturated rings. The Labute approximate surface area is 161 Å². The summed E-state index contributed by atoms with van der Waals surface area (Å²) in [5.41, 5.74) is 0.618. The van der Waals surface area contributed by atoms with Crippen LogP contribution in [0.1, 0.15) is 46.7 Å². The molecule has 7 nitrogen and oxygen atoms in total. The Morgan fingerprint density at radius 2 is 1.85 bits per heavy atom. The minimum Gasteiger partial charge on any atom is -0.480 e. The summed E-state index contributed by atoms with van der Waals surface area (Å²) < 4.78 is 5.11. The molecule has 0 spiro atoms. The highest BCUT2D eigenvalue weighted by atomic mass is 35.5. The Balaban J connectivity index is 2.26. The highest BCUT2D eigenvalue weighted by molar-refractivity contribution is 6.31. The minimum absolute atomic E-state index is 0.0832. The van der Waals surface area contributed by atoms with Crippen molar-refractivity contribution < 1.29 is 23.9 Å². The van der Waals surface area contributed by atoms with E-state index in [1.165, 1.54) is 30.5 Å². The molecule has 8 heteroatoms. The van der Waals surface area contributed by atoms with Gasteiger partial charge in [0, 0.05) is 5.02 Å². The Morgan fingerprint density at radius 3 is 2.41 bits per heavy atom. The van der Waals surface area contributed by atoms with Crippen molar-refractivity contribution in [1.82, 2.24) is 5.32 Å². The molecule has 144 valence electrons. The van der Waals surface area contributed by atoms with Crippen LogP contribution >= 0.6 is 11.6 Å². The van der Waals surface area contributed by atoms with Crippen LogP contribution in [0.3, 0.4) is 0 Å². The molecule has 0 saturated heterocycles. The van der Waals surface area contributed by atoms with Gasteiger partial charge in [-0.1, -0.05) is 25.4 Å². The summed E-state index contributed by atoms with van der Waals surface area (Å²) >= 11 is 5.99. The number of carbonyl (C=O) groups excluding carboxylic acids is 2. The van der Waals surface area contributed by atoms with E-state index in [9.17, 15) is 19.5 Å². The Bertz CT molecular complexity index is 860. The second kappa shape index (κ2) is 8.73. The summed E-state index contributed by atoms with van der Waals surface area (Å²) in [4.78, 5) is 36.4. The van der Waals surface area contributed by atoms with Gasteiger partial charge in [0.05, 0.1) is 23.1 Å². The van der Waals surface area contributed by atoms with E-state index in [2.05, 4.69) is 10.6 Å². The molecule has 0 aliphatic rings. The molecule has 27 heavy (non-hydrogen) atoms. The molecule has 2 amide bonds. The quantitative estimate of drug-likeness (QED) is 0.665. The van der Waals surface area contributed by atoms with Crippen molar-refractivity contribution in [1.29, 1.82) is 0 Å². The fourth-order valence-corrected chi connectivity index (χ4v) is 2.73. The second-order valence-corrected chi connectivity index (χ2v) is 6.96. The first-order valence-electron chi connectivity index (χ1n) is 8.37. The fraction of sp³-hybridized carbons (Fsp3) is 0.316. The van der Waals surface area contributed by atoms with E-state index in [1.54, 1.807) is 6.92 Å². The number of amides is 2. The third kappa shape index (κ3) is 5.34. The third-order valence-electron chi connectivity index (χ3n) is 3.89. The number of furan rings is 1. The lowest BCUT2D eigenvalue weighted by Crippen LogP contribution is -2.41. The first-order chi connectivity index (χ1) is 12.7.